The summed E-state index contributed by atoms with van der Waals surface area (Å²) in [5.74, 6) is 0. The van der Waals surface area contributed by atoms with Gasteiger partial charge in [-0.1, -0.05) is 72.8 Å². The van der Waals surface area contributed by atoms with Crippen LogP contribution in [0.2, 0.25) is 0 Å². The molecule has 0 fully saturated rings. The molecule has 0 bridgehead atoms. The van der Waals surface area contributed by atoms with Crippen molar-refractivity contribution in [2.75, 3.05) is 0 Å². The van der Waals surface area contributed by atoms with Gasteiger partial charge in [0.2, 0.25) is 5.69 Å². The maximum absolute atomic E-state index is 9.87. The summed E-state index contributed by atoms with van der Waals surface area (Å²) in [6.45, 7) is 8.95. The third-order valence-corrected chi connectivity index (χ3v) is 7.58. The zero-order valence-corrected chi connectivity index (χ0v) is 20.6. The number of hydrogen-bond acceptors (Lipinski definition) is 1. The number of fused-ring (bicyclic) bond motifs is 6. The SMILES string of the molecule is [C-]#[N+]c1cc(Cn2c3ccccc3c3ccccc32)c(Cn2c3ccccc3c3ccccc32)cc1C#N. The van der Waals surface area contributed by atoms with Gasteiger partial charge in [-0.05, 0) is 47.5 Å². The normalized spacial score (nSPS) is 11.3. The van der Waals surface area contributed by atoms with Crippen LogP contribution in [0.5, 0.6) is 0 Å². The highest BCUT2D eigenvalue weighted by Gasteiger charge is 2.17. The number of hydrogen-bond donors (Lipinski definition) is 0. The van der Waals surface area contributed by atoms with Crippen molar-refractivity contribution in [2.45, 2.75) is 13.1 Å². The van der Waals surface area contributed by atoms with E-state index in [2.05, 4.69) is 117 Å². The predicted molar refractivity (Wildman–Crippen MR) is 155 cm³/mol. The van der Waals surface area contributed by atoms with Crippen molar-refractivity contribution in [1.82, 2.24) is 9.13 Å². The van der Waals surface area contributed by atoms with Gasteiger partial charge in [-0.15, -0.1) is 0 Å². The first-order valence-corrected chi connectivity index (χ1v) is 12.6. The molecule has 2 aromatic heterocycles. The second-order valence-corrected chi connectivity index (χ2v) is 9.60. The minimum Gasteiger partial charge on any atom is -0.336 e. The Labute approximate surface area is 220 Å². The fraction of sp³-hybridized carbons (Fsp3) is 0.0588. The van der Waals surface area contributed by atoms with Crippen LogP contribution in [0.4, 0.5) is 5.69 Å². The molecule has 0 saturated heterocycles. The average molecular weight is 487 g/mol. The molecule has 5 aromatic carbocycles. The Kier molecular flexibility index (Phi) is 5.00. The maximum atomic E-state index is 9.87. The lowest BCUT2D eigenvalue weighted by Crippen LogP contribution is -2.07. The summed E-state index contributed by atoms with van der Waals surface area (Å²) in [6.07, 6.45) is 0. The lowest BCUT2D eigenvalue weighted by molar-refractivity contribution is 0.810. The van der Waals surface area contributed by atoms with Gasteiger partial charge in [-0.25, -0.2) is 4.85 Å². The van der Waals surface area contributed by atoms with Crippen molar-refractivity contribution >= 4 is 49.3 Å². The number of para-hydroxylation sites is 4. The van der Waals surface area contributed by atoms with E-state index in [-0.39, 0.29) is 0 Å². The van der Waals surface area contributed by atoms with E-state index >= 15 is 0 Å². The number of rotatable bonds is 4. The number of nitrogens with zero attached hydrogens (tertiary/aromatic N) is 4. The topological polar surface area (TPSA) is 38.0 Å². The van der Waals surface area contributed by atoms with Crippen LogP contribution < -0.4 is 0 Å². The quantitative estimate of drug-likeness (QED) is 0.230. The Bertz CT molecular complexity index is 1850. The Morgan fingerprint density at radius 1 is 0.579 bits per heavy atom. The maximum Gasteiger partial charge on any atom is 0.204 e. The molecule has 4 heteroatoms. The van der Waals surface area contributed by atoms with E-state index < -0.39 is 0 Å². The molecule has 7 rings (SSSR count). The Hall–Kier alpha value is -5.32. The lowest BCUT2D eigenvalue weighted by atomic mass is 10.0. The molecule has 0 N–H and O–H groups in total. The van der Waals surface area contributed by atoms with Gasteiger partial charge in [0.05, 0.1) is 18.2 Å². The zero-order valence-electron chi connectivity index (χ0n) is 20.6. The van der Waals surface area contributed by atoms with E-state index in [4.69, 9.17) is 6.57 Å². The molecule has 0 aliphatic heterocycles. The first-order valence-electron chi connectivity index (χ1n) is 12.6. The molecule has 178 valence electrons. The van der Waals surface area contributed by atoms with Crippen LogP contribution in [0.15, 0.2) is 109 Å². The molecule has 0 amide bonds. The van der Waals surface area contributed by atoms with Gasteiger partial charge in [0, 0.05) is 56.7 Å². The van der Waals surface area contributed by atoms with Crippen molar-refractivity contribution in [1.29, 1.82) is 5.26 Å². The largest absolute Gasteiger partial charge is 0.336 e. The Morgan fingerprint density at radius 2 is 0.947 bits per heavy atom. The number of benzene rings is 5. The van der Waals surface area contributed by atoms with E-state index in [1.807, 2.05) is 12.1 Å². The van der Waals surface area contributed by atoms with Crippen molar-refractivity contribution in [3.63, 3.8) is 0 Å². The molecule has 0 atom stereocenters. The summed E-state index contributed by atoms with van der Waals surface area (Å²) in [5.41, 5.74) is 7.53. The second-order valence-electron chi connectivity index (χ2n) is 9.60. The van der Waals surface area contributed by atoms with Gasteiger partial charge >= 0.3 is 0 Å². The van der Waals surface area contributed by atoms with Gasteiger partial charge in [-0.2, -0.15) is 5.26 Å². The van der Waals surface area contributed by atoms with Crippen LogP contribution in [0, 0.1) is 17.9 Å². The van der Waals surface area contributed by atoms with E-state index in [0.717, 1.165) is 33.2 Å². The third kappa shape index (κ3) is 3.29. The molecule has 0 radical (unpaired) electrons. The highest BCUT2D eigenvalue weighted by Crippen LogP contribution is 2.34. The highest BCUT2D eigenvalue weighted by molar-refractivity contribution is 6.09. The van der Waals surface area contributed by atoms with Gasteiger partial charge in [0.15, 0.2) is 0 Å². The highest BCUT2D eigenvalue weighted by atomic mass is 15.0. The molecule has 4 nitrogen and oxygen atoms in total. The van der Waals surface area contributed by atoms with Crippen molar-refractivity contribution in [2.24, 2.45) is 0 Å². The first kappa shape index (κ1) is 21.9. The van der Waals surface area contributed by atoms with Gasteiger partial charge in [0.1, 0.15) is 0 Å². The second kappa shape index (κ2) is 8.66. The Balaban J connectivity index is 1.46. The summed E-state index contributed by atoms with van der Waals surface area (Å²) >= 11 is 0. The van der Waals surface area contributed by atoms with E-state index in [9.17, 15) is 5.26 Å². The van der Waals surface area contributed by atoms with Crippen LogP contribution in [0.3, 0.4) is 0 Å². The molecular formula is C34H22N4. The molecule has 38 heavy (non-hydrogen) atoms. The number of aromatic nitrogens is 2. The molecular weight excluding hydrogens is 464 g/mol. The van der Waals surface area contributed by atoms with Crippen LogP contribution in [-0.2, 0) is 13.1 Å². The number of nitriles is 1. The van der Waals surface area contributed by atoms with Crippen molar-refractivity contribution in [3.8, 4) is 6.07 Å². The van der Waals surface area contributed by atoms with Gasteiger partial charge in [-0.3, -0.25) is 0 Å². The Morgan fingerprint density at radius 3 is 1.32 bits per heavy atom. The molecule has 0 aliphatic carbocycles. The predicted octanol–water partition coefficient (Wildman–Crippen LogP) is 8.42. The van der Waals surface area contributed by atoms with Gasteiger partial charge in [0.25, 0.3) is 0 Å². The zero-order chi connectivity index (χ0) is 25.6. The smallest absolute Gasteiger partial charge is 0.204 e. The molecule has 2 heterocycles. The minimum absolute atomic E-state index is 0.397. The fourth-order valence-corrected chi connectivity index (χ4v) is 5.84. The monoisotopic (exact) mass is 486 g/mol. The molecule has 0 saturated carbocycles. The summed E-state index contributed by atoms with van der Waals surface area (Å²) in [4.78, 5) is 3.71. The van der Waals surface area contributed by atoms with Crippen LogP contribution in [0.25, 0.3) is 48.5 Å². The summed E-state index contributed by atoms with van der Waals surface area (Å²) in [5, 5.41) is 14.7. The summed E-state index contributed by atoms with van der Waals surface area (Å²) in [6, 6.07) is 39.9. The third-order valence-electron chi connectivity index (χ3n) is 7.58. The molecule has 0 unspecified atom stereocenters. The van der Waals surface area contributed by atoms with E-state index in [1.165, 1.54) is 21.5 Å². The standard InChI is InChI=1S/C34H22N4/c1-36-30-19-25(22-38-33-16-8-4-12-28(33)29-13-5-9-17-34(29)38)24(18-23(30)20-35)21-37-31-14-6-2-10-26(31)27-11-3-7-15-32(27)37/h2-19H,21-22H2. The summed E-state index contributed by atoms with van der Waals surface area (Å²) in [7, 11) is 0. The fourth-order valence-electron chi connectivity index (χ4n) is 5.84. The van der Waals surface area contributed by atoms with E-state index in [0.29, 0.717) is 24.3 Å². The lowest BCUT2D eigenvalue weighted by Gasteiger charge is -2.16. The minimum atomic E-state index is 0.397. The van der Waals surface area contributed by atoms with Crippen molar-refractivity contribution < 1.29 is 0 Å². The molecule has 7 aromatic rings. The van der Waals surface area contributed by atoms with E-state index in [1.54, 1.807) is 0 Å². The summed E-state index contributed by atoms with van der Waals surface area (Å²) < 4.78 is 4.66. The molecule has 0 aliphatic rings. The van der Waals surface area contributed by atoms with Crippen LogP contribution in [0.1, 0.15) is 16.7 Å². The van der Waals surface area contributed by atoms with Crippen molar-refractivity contribution in [3.05, 3.63) is 137 Å². The van der Waals surface area contributed by atoms with Crippen LogP contribution >= 0.6 is 0 Å². The van der Waals surface area contributed by atoms with Gasteiger partial charge < -0.3 is 9.13 Å². The average Bonchev–Trinajstić information content (AvgIpc) is 3.46. The first-order chi connectivity index (χ1) is 18.8. The molecule has 0 spiro atoms. The van der Waals surface area contributed by atoms with Crippen LogP contribution in [-0.4, -0.2) is 9.13 Å².